The zero-order valence-electron chi connectivity index (χ0n) is 13.8. The molecule has 0 fully saturated rings. The van der Waals surface area contributed by atoms with Crippen molar-refractivity contribution in [2.24, 2.45) is 5.10 Å². The number of nitrogens with one attached hydrogen (secondary N) is 2. The molecule has 0 aliphatic carbocycles. The molecule has 0 saturated carbocycles. The maximum atomic E-state index is 11.0. The molecular weight excluding hydrogens is 350 g/mol. The second-order valence-electron chi connectivity index (χ2n) is 5.47. The highest BCUT2D eigenvalue weighted by Gasteiger charge is 2.11. The van der Waals surface area contributed by atoms with E-state index in [-0.39, 0.29) is 11.4 Å². The van der Waals surface area contributed by atoms with Gasteiger partial charge < -0.3 is 5.21 Å². The van der Waals surface area contributed by atoms with Crippen LogP contribution in [-0.4, -0.2) is 15.9 Å². The van der Waals surface area contributed by atoms with Crippen molar-refractivity contribution in [2.75, 3.05) is 5.43 Å². The third-order valence-corrected chi connectivity index (χ3v) is 4.42. The highest BCUT2D eigenvalue weighted by Crippen LogP contribution is 2.23. The van der Waals surface area contributed by atoms with Crippen LogP contribution in [0.4, 0.5) is 11.4 Å². The van der Waals surface area contributed by atoms with Crippen molar-refractivity contribution < 1.29 is 10.4 Å². The van der Waals surface area contributed by atoms with Gasteiger partial charge in [-0.25, -0.2) is 10.2 Å². The molecule has 0 amide bonds. The summed E-state index contributed by atoms with van der Waals surface area (Å²) in [5.41, 5.74) is 6.38. The van der Waals surface area contributed by atoms with Gasteiger partial charge in [0.1, 0.15) is 6.07 Å². The SMILES string of the molecule is Cc1ccc(-c2csc(C(C#N)=NNc3cccc([NH+]([O-])O)c3)n2)cc1. The van der Waals surface area contributed by atoms with Gasteiger partial charge in [0, 0.05) is 23.1 Å². The van der Waals surface area contributed by atoms with E-state index in [2.05, 4.69) is 15.5 Å². The quantitative estimate of drug-likeness (QED) is 0.476. The molecule has 0 bridgehead atoms. The maximum Gasteiger partial charge on any atom is 0.196 e. The second kappa shape index (κ2) is 7.86. The summed E-state index contributed by atoms with van der Waals surface area (Å²) in [5, 5.41) is 34.8. The van der Waals surface area contributed by atoms with E-state index in [0.717, 1.165) is 16.8 Å². The smallest absolute Gasteiger partial charge is 0.196 e. The van der Waals surface area contributed by atoms with Crippen LogP contribution in [0.5, 0.6) is 0 Å². The van der Waals surface area contributed by atoms with Gasteiger partial charge in [-0.05, 0) is 13.0 Å². The van der Waals surface area contributed by atoms with E-state index >= 15 is 0 Å². The lowest BCUT2D eigenvalue weighted by atomic mass is 10.1. The Kier molecular flexibility index (Phi) is 5.36. The lowest BCUT2D eigenvalue weighted by Gasteiger charge is -2.11. The molecule has 1 heterocycles. The number of hydrogen-bond acceptors (Lipinski definition) is 7. The van der Waals surface area contributed by atoms with Gasteiger partial charge in [-0.2, -0.15) is 15.6 Å². The molecule has 0 spiro atoms. The molecule has 8 heteroatoms. The number of quaternary nitrogens is 1. The summed E-state index contributed by atoms with van der Waals surface area (Å²) in [4.78, 5) is 4.47. The first kappa shape index (κ1) is 17.7. The van der Waals surface area contributed by atoms with Crippen LogP contribution in [0.15, 0.2) is 59.0 Å². The van der Waals surface area contributed by atoms with E-state index in [1.54, 1.807) is 12.1 Å². The molecule has 7 nitrogen and oxygen atoms in total. The normalized spacial score (nSPS) is 12.5. The van der Waals surface area contributed by atoms with Gasteiger partial charge in [0.05, 0.1) is 11.4 Å². The van der Waals surface area contributed by atoms with Gasteiger partial charge in [0.15, 0.2) is 16.4 Å². The van der Waals surface area contributed by atoms with Gasteiger partial charge >= 0.3 is 0 Å². The van der Waals surface area contributed by atoms with Gasteiger partial charge in [0.2, 0.25) is 0 Å². The summed E-state index contributed by atoms with van der Waals surface area (Å²) < 4.78 is 0. The largest absolute Gasteiger partial charge is 0.595 e. The second-order valence-corrected chi connectivity index (χ2v) is 6.33. The van der Waals surface area contributed by atoms with E-state index in [0.29, 0.717) is 10.7 Å². The fourth-order valence-corrected chi connectivity index (χ4v) is 2.97. The van der Waals surface area contributed by atoms with E-state index < -0.39 is 5.23 Å². The third-order valence-electron chi connectivity index (χ3n) is 3.57. The summed E-state index contributed by atoms with van der Waals surface area (Å²) in [6.45, 7) is 2.02. The van der Waals surface area contributed by atoms with Crippen LogP contribution in [0, 0.1) is 23.5 Å². The topological polar surface area (TPSA) is 109 Å². The number of nitrogens with zero attached hydrogens (tertiary/aromatic N) is 3. The van der Waals surface area contributed by atoms with Crippen molar-refractivity contribution in [3.63, 3.8) is 0 Å². The van der Waals surface area contributed by atoms with Crippen LogP contribution in [0.1, 0.15) is 10.6 Å². The Morgan fingerprint density at radius 2 is 2.08 bits per heavy atom. The number of nitriles is 1. The fraction of sp³-hybridized carbons (Fsp3) is 0.0556. The number of thiazole rings is 1. The number of hydrogen-bond donors (Lipinski definition) is 3. The summed E-state index contributed by atoms with van der Waals surface area (Å²) in [5.74, 6) is 0. The van der Waals surface area contributed by atoms with Crippen molar-refractivity contribution in [1.82, 2.24) is 4.98 Å². The van der Waals surface area contributed by atoms with Crippen molar-refractivity contribution in [1.29, 1.82) is 5.26 Å². The van der Waals surface area contributed by atoms with Crippen molar-refractivity contribution in [2.45, 2.75) is 6.92 Å². The maximum absolute atomic E-state index is 11.0. The first-order chi connectivity index (χ1) is 12.6. The average molecular weight is 365 g/mol. The van der Waals surface area contributed by atoms with Crippen molar-refractivity contribution in [3.8, 4) is 17.3 Å². The standard InChI is InChI=1S/C18H15N5O2S/c1-12-5-7-13(8-6-12)17-11-26-18(20-17)16(10-19)22-21-14-3-2-4-15(9-14)23(24)25/h2-9,11,21,23-24H,1H3. The Hall–Kier alpha value is -3.09. The lowest BCUT2D eigenvalue weighted by molar-refractivity contribution is -0.991. The summed E-state index contributed by atoms with van der Waals surface area (Å²) >= 11 is 1.33. The molecule has 130 valence electrons. The number of aromatic nitrogens is 1. The van der Waals surface area contributed by atoms with Gasteiger partial charge in [0.25, 0.3) is 0 Å². The molecule has 0 radical (unpaired) electrons. The zero-order chi connectivity index (χ0) is 18.5. The average Bonchev–Trinajstić information content (AvgIpc) is 3.13. The third kappa shape index (κ3) is 4.11. The molecule has 1 atom stereocenters. The molecule has 0 aliphatic heterocycles. The molecule has 3 rings (SSSR count). The van der Waals surface area contributed by atoms with E-state index in [9.17, 15) is 10.5 Å². The van der Waals surface area contributed by atoms with Crippen LogP contribution in [-0.2, 0) is 0 Å². The highest BCUT2D eigenvalue weighted by molar-refractivity contribution is 7.12. The number of hydrazone groups is 1. The van der Waals surface area contributed by atoms with Crippen LogP contribution in [0.3, 0.4) is 0 Å². The first-order valence-electron chi connectivity index (χ1n) is 7.67. The molecule has 1 unspecified atom stereocenters. The molecule has 2 aromatic carbocycles. The van der Waals surface area contributed by atoms with E-state index in [1.807, 2.05) is 42.6 Å². The van der Waals surface area contributed by atoms with Gasteiger partial charge in [-0.3, -0.25) is 5.43 Å². The Morgan fingerprint density at radius 1 is 1.31 bits per heavy atom. The summed E-state index contributed by atoms with van der Waals surface area (Å²) in [7, 11) is 0. The zero-order valence-corrected chi connectivity index (χ0v) is 14.6. The Labute approximate surface area is 154 Å². The van der Waals surface area contributed by atoms with E-state index in [4.69, 9.17) is 5.21 Å². The Balaban J connectivity index is 1.81. The molecule has 3 aromatic rings. The van der Waals surface area contributed by atoms with Gasteiger partial charge in [-0.1, -0.05) is 35.9 Å². The molecular formula is C18H15N5O2S. The predicted octanol–water partition coefficient (Wildman–Crippen LogP) is 2.86. The Morgan fingerprint density at radius 3 is 2.77 bits per heavy atom. The fourth-order valence-electron chi connectivity index (χ4n) is 2.20. The molecule has 0 saturated heterocycles. The number of rotatable bonds is 5. The number of aryl methyl sites for hydroxylation is 1. The minimum absolute atomic E-state index is 0.133. The monoisotopic (exact) mass is 365 g/mol. The Bertz CT molecular complexity index is 974. The molecule has 1 aromatic heterocycles. The number of benzene rings is 2. The molecule has 26 heavy (non-hydrogen) atoms. The van der Waals surface area contributed by atoms with Crippen LogP contribution in [0.25, 0.3) is 11.3 Å². The minimum Gasteiger partial charge on any atom is -0.595 e. The van der Waals surface area contributed by atoms with Crippen LogP contribution in [0.2, 0.25) is 0 Å². The first-order valence-corrected chi connectivity index (χ1v) is 8.55. The van der Waals surface area contributed by atoms with E-state index in [1.165, 1.54) is 23.5 Å². The number of anilines is 1. The predicted molar refractivity (Wildman–Crippen MR) is 100 cm³/mol. The lowest BCUT2D eigenvalue weighted by Crippen LogP contribution is -2.99. The van der Waals surface area contributed by atoms with Crippen LogP contribution < -0.4 is 10.7 Å². The van der Waals surface area contributed by atoms with Crippen molar-refractivity contribution in [3.05, 3.63) is 69.7 Å². The van der Waals surface area contributed by atoms with Crippen LogP contribution >= 0.6 is 11.3 Å². The summed E-state index contributed by atoms with van der Waals surface area (Å²) in [6.07, 6.45) is 0. The molecule has 3 N–H and O–H groups in total. The van der Waals surface area contributed by atoms with Crippen molar-refractivity contribution >= 4 is 28.4 Å². The summed E-state index contributed by atoms with van der Waals surface area (Å²) in [6, 6.07) is 16.2. The minimum atomic E-state index is -1.03. The molecule has 0 aliphatic rings. The van der Waals surface area contributed by atoms with Gasteiger partial charge in [-0.15, -0.1) is 11.3 Å². The highest BCUT2D eigenvalue weighted by atomic mass is 32.1.